The molecule has 0 aliphatic heterocycles. The van der Waals surface area contributed by atoms with Crippen molar-refractivity contribution in [2.75, 3.05) is 0 Å². The first kappa shape index (κ1) is 30.1. The highest BCUT2D eigenvalue weighted by Crippen LogP contribution is 2.68. The number of sulfonamides is 1. The Balaban J connectivity index is 1.27. The minimum absolute atomic E-state index is 0.195. The van der Waals surface area contributed by atoms with E-state index in [-0.39, 0.29) is 16.4 Å². The minimum atomic E-state index is -3.68. The minimum Gasteiger partial charge on any atom is -0.393 e. The number of nitrogens with one attached hydrogen (secondary N) is 1. The second-order valence-electron chi connectivity index (χ2n) is 15.1. The van der Waals surface area contributed by atoms with Crippen LogP contribution in [0.3, 0.4) is 0 Å². The maximum absolute atomic E-state index is 12.8. The Labute approximate surface area is 244 Å². The lowest BCUT2D eigenvalue weighted by Crippen LogP contribution is -2.58. The lowest BCUT2D eigenvalue weighted by atomic mass is 9.43. The molecule has 0 radical (unpaired) electrons. The van der Waals surface area contributed by atoms with Crippen molar-refractivity contribution in [3.63, 3.8) is 0 Å². The molecule has 5 rings (SSSR count). The Hall–Kier alpha value is -1.40. The summed E-state index contributed by atoms with van der Waals surface area (Å²) in [4.78, 5) is 2.75. The monoisotopic (exact) mass is 570 g/mol. The van der Waals surface area contributed by atoms with Gasteiger partial charge in [0, 0.05) is 5.71 Å². The van der Waals surface area contributed by atoms with Crippen molar-refractivity contribution in [3.8, 4) is 0 Å². The highest BCUT2D eigenvalue weighted by Gasteiger charge is 2.62. The zero-order chi connectivity index (χ0) is 28.9. The molecular formula is C34H54N2O3S. The van der Waals surface area contributed by atoms with E-state index in [1.165, 1.54) is 44.9 Å². The van der Waals surface area contributed by atoms with Gasteiger partial charge in [0.15, 0.2) is 0 Å². The molecule has 2 N–H and O–H groups in total. The molecule has 4 saturated carbocycles. The molecule has 4 aliphatic rings. The van der Waals surface area contributed by atoms with Gasteiger partial charge in [0.25, 0.3) is 10.0 Å². The van der Waals surface area contributed by atoms with Crippen LogP contribution in [0, 0.1) is 59.2 Å². The number of hydrazone groups is 1. The maximum atomic E-state index is 12.8. The number of nitrogens with zero attached hydrogens (tertiary/aromatic N) is 1. The number of benzene rings is 1. The SMILES string of the molecule is Cc1ccc(S(=O)(=O)N/N=C2/CC[C@@]3(C)C(C2)C[C@@H](O)C2C3CC[C@]3(C)[C@@H]([C@H](C)CCCC(C)C)CC[C@@H]23)cc1. The molecule has 40 heavy (non-hydrogen) atoms. The number of hydrogen-bond acceptors (Lipinski definition) is 4. The quantitative estimate of drug-likeness (QED) is 0.314. The summed E-state index contributed by atoms with van der Waals surface area (Å²) in [6, 6.07) is 6.88. The number of fused-ring (bicyclic) bond motifs is 5. The van der Waals surface area contributed by atoms with Crippen LogP contribution in [0.2, 0.25) is 0 Å². The van der Waals surface area contributed by atoms with E-state index in [1.807, 2.05) is 19.1 Å². The molecule has 4 fully saturated rings. The van der Waals surface area contributed by atoms with E-state index in [2.05, 4.69) is 44.6 Å². The zero-order valence-corrected chi connectivity index (χ0v) is 26.6. The first-order valence-corrected chi connectivity index (χ1v) is 17.7. The van der Waals surface area contributed by atoms with Gasteiger partial charge in [0.2, 0.25) is 0 Å². The van der Waals surface area contributed by atoms with E-state index in [0.29, 0.717) is 29.1 Å². The van der Waals surface area contributed by atoms with Gasteiger partial charge in [-0.15, -0.1) is 0 Å². The van der Waals surface area contributed by atoms with Crippen LogP contribution in [0.15, 0.2) is 34.3 Å². The Bertz CT molecular complexity index is 1180. The number of aliphatic hydroxyl groups is 1. The summed E-state index contributed by atoms with van der Waals surface area (Å²) in [5.41, 5.74) is 2.51. The molecule has 1 aromatic rings. The molecule has 3 unspecified atom stereocenters. The Morgan fingerprint density at radius 3 is 2.40 bits per heavy atom. The first-order chi connectivity index (χ1) is 18.8. The number of hydrogen-bond donors (Lipinski definition) is 2. The van der Waals surface area contributed by atoms with E-state index in [0.717, 1.165) is 54.7 Å². The van der Waals surface area contributed by atoms with Crippen LogP contribution in [0.1, 0.15) is 111 Å². The lowest BCUT2D eigenvalue weighted by Gasteiger charge is -2.62. The van der Waals surface area contributed by atoms with Gasteiger partial charge in [0.05, 0.1) is 11.0 Å². The van der Waals surface area contributed by atoms with Crippen molar-refractivity contribution >= 4 is 15.7 Å². The molecular weight excluding hydrogens is 516 g/mol. The largest absolute Gasteiger partial charge is 0.393 e. The fraction of sp³-hybridized carbons (Fsp3) is 0.794. The third-order valence-corrected chi connectivity index (χ3v) is 13.6. The van der Waals surface area contributed by atoms with Crippen molar-refractivity contribution < 1.29 is 13.5 Å². The van der Waals surface area contributed by atoms with Crippen LogP contribution in [0.5, 0.6) is 0 Å². The van der Waals surface area contributed by atoms with E-state index < -0.39 is 10.0 Å². The topological polar surface area (TPSA) is 78.8 Å². The molecule has 0 bridgehead atoms. The van der Waals surface area contributed by atoms with Gasteiger partial charge in [-0.3, -0.25) is 0 Å². The van der Waals surface area contributed by atoms with Crippen molar-refractivity contribution in [2.24, 2.45) is 57.4 Å². The smallest absolute Gasteiger partial charge is 0.276 e. The molecule has 0 amide bonds. The van der Waals surface area contributed by atoms with Crippen molar-refractivity contribution in [1.29, 1.82) is 0 Å². The van der Waals surface area contributed by atoms with Gasteiger partial charge >= 0.3 is 0 Å². The van der Waals surface area contributed by atoms with Gasteiger partial charge in [-0.05, 0) is 123 Å². The normalized spacial score (nSPS) is 39.5. The third kappa shape index (κ3) is 5.53. The predicted molar refractivity (Wildman–Crippen MR) is 163 cm³/mol. The number of rotatable bonds is 8. The van der Waals surface area contributed by atoms with Crippen LogP contribution in [0.25, 0.3) is 0 Å². The Kier molecular flexibility index (Phi) is 8.54. The summed E-state index contributed by atoms with van der Waals surface area (Å²) in [7, 11) is -3.68. The molecule has 224 valence electrons. The fourth-order valence-corrected chi connectivity index (χ4v) is 10.9. The van der Waals surface area contributed by atoms with Crippen molar-refractivity contribution in [3.05, 3.63) is 29.8 Å². The summed E-state index contributed by atoms with van der Waals surface area (Å²) in [5.74, 6) is 4.30. The second kappa shape index (κ2) is 11.4. The molecule has 5 nitrogen and oxygen atoms in total. The van der Waals surface area contributed by atoms with Crippen molar-refractivity contribution in [1.82, 2.24) is 4.83 Å². The molecule has 9 atom stereocenters. The summed E-state index contributed by atoms with van der Waals surface area (Å²) >= 11 is 0. The third-order valence-electron chi connectivity index (χ3n) is 12.4. The molecule has 0 saturated heterocycles. The first-order valence-electron chi connectivity index (χ1n) is 16.2. The van der Waals surface area contributed by atoms with Gasteiger partial charge in [-0.2, -0.15) is 13.5 Å². The highest BCUT2D eigenvalue weighted by molar-refractivity contribution is 7.89. The van der Waals surface area contributed by atoms with Crippen LogP contribution >= 0.6 is 0 Å². The summed E-state index contributed by atoms with van der Waals surface area (Å²) in [5, 5.41) is 16.1. The maximum Gasteiger partial charge on any atom is 0.276 e. The van der Waals surface area contributed by atoms with E-state index >= 15 is 0 Å². The van der Waals surface area contributed by atoms with Crippen LogP contribution in [-0.2, 0) is 10.0 Å². The van der Waals surface area contributed by atoms with E-state index in [9.17, 15) is 13.5 Å². The highest BCUT2D eigenvalue weighted by atomic mass is 32.2. The molecule has 1 aromatic carbocycles. The average molecular weight is 571 g/mol. The fourth-order valence-electron chi connectivity index (χ4n) is 10.0. The number of aliphatic hydroxyl groups excluding tert-OH is 1. The van der Waals surface area contributed by atoms with Gasteiger partial charge in [-0.1, -0.05) is 71.6 Å². The van der Waals surface area contributed by atoms with Crippen LogP contribution in [-0.4, -0.2) is 25.3 Å². The predicted octanol–water partition coefficient (Wildman–Crippen LogP) is 7.72. The second-order valence-corrected chi connectivity index (χ2v) is 16.8. The molecule has 0 aromatic heterocycles. The molecule has 4 aliphatic carbocycles. The Morgan fingerprint density at radius 2 is 1.70 bits per heavy atom. The van der Waals surface area contributed by atoms with E-state index in [1.54, 1.807) is 12.1 Å². The van der Waals surface area contributed by atoms with E-state index in [4.69, 9.17) is 0 Å². The van der Waals surface area contributed by atoms with Crippen molar-refractivity contribution in [2.45, 2.75) is 123 Å². The van der Waals surface area contributed by atoms with Gasteiger partial charge in [-0.25, -0.2) is 4.83 Å². The van der Waals surface area contributed by atoms with Crippen LogP contribution < -0.4 is 4.83 Å². The summed E-state index contributed by atoms with van der Waals surface area (Å²) in [6.07, 6.45) is 12.4. The van der Waals surface area contributed by atoms with Gasteiger partial charge in [0.1, 0.15) is 0 Å². The zero-order valence-electron chi connectivity index (χ0n) is 25.8. The van der Waals surface area contributed by atoms with Gasteiger partial charge < -0.3 is 5.11 Å². The molecule has 0 heterocycles. The summed E-state index contributed by atoms with van der Waals surface area (Å²) < 4.78 is 25.6. The molecule has 6 heteroatoms. The lowest BCUT2D eigenvalue weighted by molar-refractivity contribution is -0.157. The van der Waals surface area contributed by atoms with Crippen LogP contribution in [0.4, 0.5) is 0 Å². The average Bonchev–Trinajstić information content (AvgIpc) is 3.25. The Morgan fingerprint density at radius 1 is 1.00 bits per heavy atom. The number of aryl methyl sites for hydroxylation is 1. The molecule has 0 spiro atoms. The standard InChI is InChI=1S/C34H54N2O3S/c1-22(2)8-7-9-24(4)28-14-15-29-32-30(17-19-34(28,29)6)33(5)18-16-26(20-25(33)21-31(32)37)35-36-40(38,39)27-12-10-23(3)11-13-27/h10-13,22,24-25,28-32,36-37H,7-9,14-21H2,1-6H3/b35-26-/t24-,25?,28-,29+,30?,31-,32?,33+,34-/m1/s1. The summed E-state index contributed by atoms with van der Waals surface area (Å²) in [6.45, 7) is 14.2.